The van der Waals surface area contributed by atoms with Gasteiger partial charge in [-0.3, -0.25) is 0 Å². The number of aliphatic hydroxyl groups excluding tert-OH is 1. The van der Waals surface area contributed by atoms with Crippen LogP contribution in [0.4, 0.5) is 0 Å². The van der Waals surface area contributed by atoms with Crippen LogP contribution >= 0.6 is 15.9 Å². The van der Waals surface area contributed by atoms with Crippen molar-refractivity contribution in [1.29, 1.82) is 0 Å². The second kappa shape index (κ2) is 6.89. The molecule has 0 fully saturated rings. The van der Waals surface area contributed by atoms with E-state index in [2.05, 4.69) is 28.2 Å². The molecule has 0 saturated carbocycles. The van der Waals surface area contributed by atoms with Crippen LogP contribution in [0, 0.1) is 0 Å². The number of halogens is 1. The largest absolute Gasteiger partial charge is 0.455 e. The van der Waals surface area contributed by atoms with Crippen molar-refractivity contribution < 1.29 is 14.8 Å². The molecule has 0 bridgehead atoms. The maximum Gasteiger partial charge on any atom is 0.158 e. The zero-order valence-electron chi connectivity index (χ0n) is 11.0. The van der Waals surface area contributed by atoms with Gasteiger partial charge in [-0.05, 0) is 30.7 Å². The normalized spacial score (nSPS) is 12.6. The van der Waals surface area contributed by atoms with Gasteiger partial charge >= 0.3 is 0 Å². The second-order valence-corrected chi connectivity index (χ2v) is 5.48. The Morgan fingerprint density at radius 1 is 1.21 bits per heavy atom. The van der Waals surface area contributed by atoms with E-state index in [-0.39, 0.29) is 12.6 Å². The van der Waals surface area contributed by atoms with E-state index in [1.807, 2.05) is 36.4 Å². The SMILES string of the molecule is CC[C@H](CO)[NH2+]Cc1ccc(-c2ccc(Br)cc2)o1. The fraction of sp³-hybridized carbons (Fsp3) is 0.333. The highest BCUT2D eigenvalue weighted by Crippen LogP contribution is 2.23. The van der Waals surface area contributed by atoms with Crippen LogP contribution in [0.1, 0.15) is 19.1 Å². The highest BCUT2D eigenvalue weighted by Gasteiger charge is 2.10. The molecule has 1 aromatic carbocycles. The first kappa shape index (κ1) is 14.3. The van der Waals surface area contributed by atoms with E-state index in [0.717, 1.165) is 34.5 Å². The van der Waals surface area contributed by atoms with Gasteiger partial charge in [-0.25, -0.2) is 0 Å². The van der Waals surface area contributed by atoms with Crippen molar-refractivity contribution >= 4 is 15.9 Å². The Kier molecular flexibility index (Phi) is 5.19. The summed E-state index contributed by atoms with van der Waals surface area (Å²) in [4.78, 5) is 0. The Morgan fingerprint density at radius 3 is 2.58 bits per heavy atom. The molecule has 3 N–H and O–H groups in total. The Morgan fingerprint density at radius 2 is 1.95 bits per heavy atom. The Labute approximate surface area is 121 Å². The fourth-order valence-electron chi connectivity index (χ4n) is 1.91. The molecule has 3 nitrogen and oxygen atoms in total. The Hall–Kier alpha value is -1.10. The molecule has 0 spiro atoms. The third-order valence-electron chi connectivity index (χ3n) is 3.20. The standard InChI is InChI=1S/C15H18BrNO2/c1-2-13(10-18)17-9-14-7-8-15(19-14)11-3-5-12(16)6-4-11/h3-8,13,17-18H,2,9-10H2,1H3/p+1/t13-/m1/s1. The quantitative estimate of drug-likeness (QED) is 0.857. The first-order valence-corrected chi connectivity index (χ1v) is 7.31. The lowest BCUT2D eigenvalue weighted by molar-refractivity contribution is -0.707. The van der Waals surface area contributed by atoms with Crippen LogP contribution in [0.25, 0.3) is 11.3 Å². The van der Waals surface area contributed by atoms with Gasteiger partial charge in [0.1, 0.15) is 18.3 Å². The van der Waals surface area contributed by atoms with Gasteiger partial charge in [-0.15, -0.1) is 0 Å². The second-order valence-electron chi connectivity index (χ2n) is 4.56. The van der Waals surface area contributed by atoms with E-state index < -0.39 is 0 Å². The van der Waals surface area contributed by atoms with Crippen LogP contribution in [0.2, 0.25) is 0 Å². The van der Waals surface area contributed by atoms with E-state index in [0.29, 0.717) is 0 Å². The van der Waals surface area contributed by atoms with E-state index in [1.165, 1.54) is 0 Å². The molecule has 0 radical (unpaired) electrons. The van der Waals surface area contributed by atoms with Crippen LogP contribution in [0.5, 0.6) is 0 Å². The summed E-state index contributed by atoms with van der Waals surface area (Å²) in [6, 6.07) is 12.3. The molecule has 0 aliphatic rings. The third kappa shape index (κ3) is 3.93. The van der Waals surface area contributed by atoms with Gasteiger partial charge in [0.2, 0.25) is 0 Å². The number of hydrogen-bond donors (Lipinski definition) is 2. The first-order chi connectivity index (χ1) is 9.22. The van der Waals surface area contributed by atoms with Gasteiger partial charge in [-0.1, -0.05) is 35.0 Å². The molecule has 1 atom stereocenters. The van der Waals surface area contributed by atoms with Crippen molar-refractivity contribution in [2.24, 2.45) is 0 Å². The molecule has 4 heteroatoms. The van der Waals surface area contributed by atoms with Gasteiger partial charge in [0, 0.05) is 10.0 Å². The van der Waals surface area contributed by atoms with Crippen LogP contribution < -0.4 is 5.32 Å². The lowest BCUT2D eigenvalue weighted by atomic mass is 10.2. The maximum absolute atomic E-state index is 9.15. The van der Waals surface area contributed by atoms with Crippen molar-refractivity contribution in [3.05, 3.63) is 46.6 Å². The first-order valence-electron chi connectivity index (χ1n) is 6.51. The van der Waals surface area contributed by atoms with Gasteiger partial charge < -0.3 is 14.8 Å². The predicted octanol–water partition coefficient (Wildman–Crippen LogP) is 2.54. The number of quaternary nitrogens is 1. The minimum Gasteiger partial charge on any atom is -0.455 e. The number of rotatable bonds is 6. The smallest absolute Gasteiger partial charge is 0.158 e. The zero-order valence-corrected chi connectivity index (χ0v) is 12.6. The van der Waals surface area contributed by atoms with E-state index in [4.69, 9.17) is 9.52 Å². The third-order valence-corrected chi connectivity index (χ3v) is 3.73. The molecule has 0 saturated heterocycles. The molecule has 19 heavy (non-hydrogen) atoms. The van der Waals surface area contributed by atoms with Crippen LogP contribution in [0.15, 0.2) is 45.3 Å². The molecule has 1 aromatic heterocycles. The van der Waals surface area contributed by atoms with Crippen LogP contribution in [-0.4, -0.2) is 17.8 Å². The van der Waals surface area contributed by atoms with Gasteiger partial charge in [0.25, 0.3) is 0 Å². The van der Waals surface area contributed by atoms with E-state index in [9.17, 15) is 0 Å². The topological polar surface area (TPSA) is 50.0 Å². The number of benzene rings is 1. The predicted molar refractivity (Wildman–Crippen MR) is 78.6 cm³/mol. The summed E-state index contributed by atoms with van der Waals surface area (Å²) in [5.41, 5.74) is 1.07. The minimum atomic E-state index is 0.205. The maximum atomic E-state index is 9.15. The van der Waals surface area contributed by atoms with Crippen molar-refractivity contribution in [3.63, 3.8) is 0 Å². The van der Waals surface area contributed by atoms with Crippen LogP contribution in [0.3, 0.4) is 0 Å². The van der Waals surface area contributed by atoms with E-state index >= 15 is 0 Å². The fourth-order valence-corrected chi connectivity index (χ4v) is 2.17. The summed E-state index contributed by atoms with van der Waals surface area (Å²) in [5, 5.41) is 11.3. The number of hydrogen-bond acceptors (Lipinski definition) is 2. The van der Waals surface area contributed by atoms with Gasteiger partial charge in [0.05, 0.1) is 6.61 Å². The Bertz CT molecular complexity index is 503. The monoisotopic (exact) mass is 324 g/mol. The molecular formula is C15H19BrNO2+. The summed E-state index contributed by atoms with van der Waals surface area (Å²) in [6.07, 6.45) is 0.955. The zero-order chi connectivity index (χ0) is 13.7. The molecule has 0 aliphatic heterocycles. The van der Waals surface area contributed by atoms with Crippen molar-refractivity contribution in [1.82, 2.24) is 0 Å². The van der Waals surface area contributed by atoms with Crippen LogP contribution in [-0.2, 0) is 6.54 Å². The summed E-state index contributed by atoms with van der Waals surface area (Å²) >= 11 is 3.42. The average Bonchev–Trinajstić information content (AvgIpc) is 2.89. The minimum absolute atomic E-state index is 0.205. The highest BCUT2D eigenvalue weighted by molar-refractivity contribution is 9.10. The summed E-state index contributed by atoms with van der Waals surface area (Å²) in [6.45, 7) is 3.04. The Balaban J connectivity index is 2.01. The molecule has 2 rings (SSSR count). The summed E-state index contributed by atoms with van der Waals surface area (Å²) < 4.78 is 6.88. The number of aliphatic hydroxyl groups is 1. The molecule has 0 amide bonds. The van der Waals surface area contributed by atoms with Gasteiger partial charge in [-0.2, -0.15) is 0 Å². The average molecular weight is 325 g/mol. The van der Waals surface area contributed by atoms with Gasteiger partial charge in [0.15, 0.2) is 5.76 Å². The molecule has 0 aliphatic carbocycles. The van der Waals surface area contributed by atoms with Crippen molar-refractivity contribution in [2.45, 2.75) is 25.9 Å². The molecule has 102 valence electrons. The van der Waals surface area contributed by atoms with E-state index in [1.54, 1.807) is 0 Å². The molecule has 1 heterocycles. The number of furan rings is 1. The lowest BCUT2D eigenvalue weighted by Crippen LogP contribution is -2.89. The molecular weight excluding hydrogens is 306 g/mol. The molecule has 0 unspecified atom stereocenters. The van der Waals surface area contributed by atoms with Crippen molar-refractivity contribution in [3.8, 4) is 11.3 Å². The summed E-state index contributed by atoms with van der Waals surface area (Å²) in [5.74, 6) is 1.82. The summed E-state index contributed by atoms with van der Waals surface area (Å²) in [7, 11) is 0. The van der Waals surface area contributed by atoms with Crippen molar-refractivity contribution in [2.75, 3.05) is 6.61 Å². The highest BCUT2D eigenvalue weighted by atomic mass is 79.9. The molecule has 2 aromatic rings. The lowest BCUT2D eigenvalue weighted by Gasteiger charge is -2.08. The number of nitrogens with two attached hydrogens (primary N) is 1.